The van der Waals surface area contributed by atoms with Crippen molar-refractivity contribution in [1.29, 1.82) is 0 Å². The summed E-state index contributed by atoms with van der Waals surface area (Å²) in [7, 11) is 3.11. The maximum absolute atomic E-state index is 12.5. The van der Waals surface area contributed by atoms with E-state index in [4.69, 9.17) is 9.47 Å². The summed E-state index contributed by atoms with van der Waals surface area (Å²) in [6, 6.07) is 12.5. The smallest absolute Gasteiger partial charge is 0.261 e. The molecule has 26 heavy (non-hydrogen) atoms. The number of carbonyl (C=O) groups excluding carboxylic acids is 1. The van der Waals surface area contributed by atoms with Crippen molar-refractivity contribution in [1.82, 2.24) is 20.2 Å². The summed E-state index contributed by atoms with van der Waals surface area (Å²) in [5.74, 6) is 0.916. The van der Waals surface area contributed by atoms with Crippen molar-refractivity contribution in [2.45, 2.75) is 0 Å². The molecule has 2 N–H and O–H groups in total. The minimum absolute atomic E-state index is 0.104. The number of aromatic amines is 1. The van der Waals surface area contributed by atoms with Gasteiger partial charge in [0.25, 0.3) is 11.9 Å². The van der Waals surface area contributed by atoms with Crippen LogP contribution in [0.3, 0.4) is 0 Å². The summed E-state index contributed by atoms with van der Waals surface area (Å²) in [5.41, 5.74) is 2.38. The van der Waals surface area contributed by atoms with E-state index in [-0.39, 0.29) is 11.9 Å². The van der Waals surface area contributed by atoms with Crippen molar-refractivity contribution in [2.24, 2.45) is 0 Å². The van der Waals surface area contributed by atoms with Gasteiger partial charge in [0.15, 0.2) is 5.65 Å². The van der Waals surface area contributed by atoms with Crippen LogP contribution in [0.25, 0.3) is 22.1 Å². The fraction of sp³-hybridized carbons (Fsp3) is 0.111. The predicted molar refractivity (Wildman–Crippen MR) is 96.7 cm³/mol. The number of para-hydroxylation sites is 1. The monoisotopic (exact) mass is 349 g/mol. The van der Waals surface area contributed by atoms with Gasteiger partial charge in [0, 0.05) is 10.9 Å². The van der Waals surface area contributed by atoms with E-state index in [0.717, 1.165) is 10.9 Å². The van der Waals surface area contributed by atoms with E-state index < -0.39 is 0 Å². The lowest BCUT2D eigenvalue weighted by molar-refractivity contribution is 0.102. The molecule has 0 atom stereocenters. The third-order valence-electron chi connectivity index (χ3n) is 4.00. The third-order valence-corrected chi connectivity index (χ3v) is 4.00. The average Bonchev–Trinajstić information content (AvgIpc) is 3.04. The molecule has 0 spiro atoms. The van der Waals surface area contributed by atoms with E-state index >= 15 is 0 Å². The van der Waals surface area contributed by atoms with Crippen LogP contribution in [0.2, 0.25) is 0 Å². The zero-order valence-electron chi connectivity index (χ0n) is 14.1. The van der Waals surface area contributed by atoms with Crippen molar-refractivity contribution < 1.29 is 14.3 Å². The standard InChI is InChI=1S/C18H15N5O3/c1-25-10-7-8-13-12(9-10)15-16(19-13)20-18(23-22-15)21-17(24)11-5-3-4-6-14(11)26-2/h3-9H,1-2H3,(H2,19,20,21,23,24). The number of H-pyrrole nitrogens is 1. The Morgan fingerprint density at radius 2 is 1.92 bits per heavy atom. The lowest BCUT2D eigenvalue weighted by Crippen LogP contribution is -2.15. The maximum atomic E-state index is 12.5. The van der Waals surface area contributed by atoms with E-state index in [2.05, 4.69) is 25.5 Å². The Bertz CT molecular complexity index is 1120. The highest BCUT2D eigenvalue weighted by Gasteiger charge is 2.15. The number of amides is 1. The van der Waals surface area contributed by atoms with E-state index in [0.29, 0.717) is 28.2 Å². The van der Waals surface area contributed by atoms with Crippen LogP contribution < -0.4 is 14.8 Å². The number of nitrogens with zero attached hydrogens (tertiary/aromatic N) is 3. The molecule has 2 heterocycles. The molecule has 4 aromatic rings. The summed E-state index contributed by atoms with van der Waals surface area (Å²) < 4.78 is 10.4. The zero-order valence-corrected chi connectivity index (χ0v) is 14.1. The number of hydrogen-bond acceptors (Lipinski definition) is 6. The molecule has 0 saturated carbocycles. The van der Waals surface area contributed by atoms with Crippen LogP contribution in [0.4, 0.5) is 5.95 Å². The van der Waals surface area contributed by atoms with Crippen molar-refractivity contribution in [3.8, 4) is 11.5 Å². The van der Waals surface area contributed by atoms with Gasteiger partial charge in [-0.3, -0.25) is 10.1 Å². The molecule has 8 nitrogen and oxygen atoms in total. The van der Waals surface area contributed by atoms with Crippen molar-refractivity contribution in [2.75, 3.05) is 19.5 Å². The lowest BCUT2D eigenvalue weighted by Gasteiger charge is -2.07. The first-order valence-corrected chi connectivity index (χ1v) is 7.84. The molecule has 4 rings (SSSR count). The predicted octanol–water partition coefficient (Wildman–Crippen LogP) is 2.78. The van der Waals surface area contributed by atoms with Gasteiger partial charge in [0.05, 0.1) is 19.8 Å². The Morgan fingerprint density at radius 1 is 1.08 bits per heavy atom. The number of rotatable bonds is 4. The molecule has 0 aliphatic heterocycles. The van der Waals surface area contributed by atoms with Gasteiger partial charge >= 0.3 is 0 Å². The van der Waals surface area contributed by atoms with E-state index in [1.807, 2.05) is 18.2 Å². The van der Waals surface area contributed by atoms with Crippen molar-refractivity contribution in [3.63, 3.8) is 0 Å². The first-order valence-electron chi connectivity index (χ1n) is 7.84. The highest BCUT2D eigenvalue weighted by Crippen LogP contribution is 2.26. The second-order valence-electron chi connectivity index (χ2n) is 5.52. The van der Waals surface area contributed by atoms with E-state index in [1.54, 1.807) is 31.4 Å². The fourth-order valence-corrected chi connectivity index (χ4v) is 2.73. The molecule has 0 radical (unpaired) electrons. The SMILES string of the molecule is COc1ccc2[nH]c3nc(NC(=O)c4ccccc4OC)nnc3c2c1. The molecular formula is C18H15N5O3. The number of anilines is 1. The minimum Gasteiger partial charge on any atom is -0.497 e. The molecule has 2 aromatic heterocycles. The van der Waals surface area contributed by atoms with Crippen molar-refractivity contribution in [3.05, 3.63) is 48.0 Å². The van der Waals surface area contributed by atoms with E-state index in [9.17, 15) is 4.79 Å². The number of fused-ring (bicyclic) bond motifs is 3. The Morgan fingerprint density at radius 3 is 2.73 bits per heavy atom. The number of ether oxygens (including phenoxy) is 2. The molecule has 1 amide bonds. The number of carbonyl (C=O) groups is 1. The molecule has 130 valence electrons. The molecular weight excluding hydrogens is 334 g/mol. The van der Waals surface area contributed by atoms with Gasteiger partial charge in [-0.05, 0) is 30.3 Å². The minimum atomic E-state index is -0.374. The number of benzene rings is 2. The Labute approximate surface area is 148 Å². The van der Waals surface area contributed by atoms with Crippen LogP contribution in [0, 0.1) is 0 Å². The summed E-state index contributed by atoms with van der Waals surface area (Å²) >= 11 is 0. The molecule has 8 heteroatoms. The Hall–Kier alpha value is -3.68. The quantitative estimate of drug-likeness (QED) is 0.587. The molecule has 0 unspecified atom stereocenters. The maximum Gasteiger partial charge on any atom is 0.261 e. The van der Waals surface area contributed by atoms with Crippen LogP contribution in [-0.2, 0) is 0 Å². The largest absolute Gasteiger partial charge is 0.497 e. The highest BCUT2D eigenvalue weighted by molar-refractivity contribution is 6.06. The average molecular weight is 349 g/mol. The molecule has 0 bridgehead atoms. The lowest BCUT2D eigenvalue weighted by atomic mass is 10.2. The zero-order chi connectivity index (χ0) is 18.1. The second-order valence-corrected chi connectivity index (χ2v) is 5.52. The van der Waals surface area contributed by atoms with Gasteiger partial charge in [-0.1, -0.05) is 12.1 Å². The number of nitrogens with one attached hydrogen (secondary N) is 2. The van der Waals surface area contributed by atoms with Crippen LogP contribution in [0.15, 0.2) is 42.5 Å². The first-order chi connectivity index (χ1) is 12.7. The Balaban J connectivity index is 1.69. The number of aromatic nitrogens is 4. The molecule has 2 aromatic carbocycles. The van der Waals surface area contributed by atoms with Crippen LogP contribution in [-0.4, -0.2) is 40.3 Å². The Kier molecular flexibility index (Phi) is 3.85. The molecule has 0 aliphatic carbocycles. The van der Waals surface area contributed by atoms with Gasteiger partial charge in [0.2, 0.25) is 0 Å². The molecule has 0 fully saturated rings. The normalized spacial score (nSPS) is 10.8. The summed E-state index contributed by atoms with van der Waals surface area (Å²) in [6.45, 7) is 0. The van der Waals surface area contributed by atoms with Gasteiger partial charge in [-0.15, -0.1) is 10.2 Å². The van der Waals surface area contributed by atoms with Gasteiger partial charge in [0.1, 0.15) is 17.0 Å². The van der Waals surface area contributed by atoms with Gasteiger partial charge < -0.3 is 14.5 Å². The summed E-state index contributed by atoms with van der Waals surface area (Å²) in [4.78, 5) is 20.0. The highest BCUT2D eigenvalue weighted by atomic mass is 16.5. The molecule has 0 saturated heterocycles. The van der Waals surface area contributed by atoms with Crippen LogP contribution in [0.5, 0.6) is 11.5 Å². The van der Waals surface area contributed by atoms with E-state index in [1.165, 1.54) is 7.11 Å². The first kappa shape index (κ1) is 15.8. The van der Waals surface area contributed by atoms with Crippen LogP contribution >= 0.6 is 0 Å². The van der Waals surface area contributed by atoms with Crippen molar-refractivity contribution >= 4 is 33.9 Å². The topological polar surface area (TPSA) is 102 Å². The molecule has 0 aliphatic rings. The second kappa shape index (κ2) is 6.32. The summed E-state index contributed by atoms with van der Waals surface area (Å²) in [6.07, 6.45) is 0. The van der Waals surface area contributed by atoms with Gasteiger partial charge in [-0.25, -0.2) is 0 Å². The van der Waals surface area contributed by atoms with Crippen LogP contribution in [0.1, 0.15) is 10.4 Å². The van der Waals surface area contributed by atoms with Gasteiger partial charge in [-0.2, -0.15) is 4.98 Å². The fourth-order valence-electron chi connectivity index (χ4n) is 2.73. The number of methoxy groups -OCH3 is 2. The number of hydrogen-bond donors (Lipinski definition) is 2. The third kappa shape index (κ3) is 2.67. The summed E-state index contributed by atoms with van der Waals surface area (Å²) in [5, 5.41) is 11.7.